The number of nitrogens with zero attached hydrogens (tertiary/aromatic N) is 2. The Morgan fingerprint density at radius 3 is 2.80 bits per heavy atom. The Hall–Kier alpha value is -1.59. The van der Waals surface area contributed by atoms with E-state index in [2.05, 4.69) is 15.3 Å². The second-order valence-electron chi connectivity index (χ2n) is 4.13. The number of benzene rings is 1. The molecule has 4 nitrogen and oxygen atoms in total. The van der Waals surface area contributed by atoms with E-state index in [0.29, 0.717) is 28.0 Å². The average molecular weight is 308 g/mol. The van der Waals surface area contributed by atoms with Gasteiger partial charge in [0, 0.05) is 17.8 Å². The number of aryl methyl sites for hydroxylation is 1. The fraction of sp³-hybridized carbons (Fsp3) is 0.214. The third-order valence-electron chi connectivity index (χ3n) is 2.78. The van der Waals surface area contributed by atoms with E-state index in [4.69, 9.17) is 11.6 Å². The summed E-state index contributed by atoms with van der Waals surface area (Å²) in [6, 6.07) is 7.41. The lowest BCUT2D eigenvalue weighted by Gasteiger charge is -2.08. The molecule has 0 aliphatic heterocycles. The molecule has 0 unspecified atom stereocenters. The number of carbonyl (C=O) groups is 1. The number of hydrogen-bond donors (Lipinski definition) is 1. The van der Waals surface area contributed by atoms with Crippen LogP contribution in [0.3, 0.4) is 0 Å². The zero-order chi connectivity index (χ0) is 14.5. The Balaban J connectivity index is 2.07. The minimum atomic E-state index is -0.199. The molecule has 0 spiro atoms. The van der Waals surface area contributed by atoms with E-state index in [1.165, 1.54) is 11.8 Å². The number of halogens is 1. The smallest absolute Gasteiger partial charge is 0.254 e. The zero-order valence-electron chi connectivity index (χ0n) is 11.2. The van der Waals surface area contributed by atoms with Crippen LogP contribution in [0.5, 0.6) is 0 Å². The van der Waals surface area contributed by atoms with E-state index in [0.717, 1.165) is 5.56 Å². The number of carbonyl (C=O) groups excluding carboxylic acids is 1. The lowest BCUT2D eigenvalue weighted by molar-refractivity contribution is 0.0949. The van der Waals surface area contributed by atoms with Gasteiger partial charge >= 0.3 is 0 Å². The molecule has 2 rings (SSSR count). The van der Waals surface area contributed by atoms with E-state index >= 15 is 0 Å². The predicted molar refractivity (Wildman–Crippen MR) is 81.2 cm³/mol. The van der Waals surface area contributed by atoms with Gasteiger partial charge in [-0.1, -0.05) is 41.6 Å². The Bertz CT molecular complexity index is 634. The highest BCUT2D eigenvalue weighted by Gasteiger charge is 2.11. The van der Waals surface area contributed by atoms with E-state index in [9.17, 15) is 4.79 Å². The maximum atomic E-state index is 12.1. The molecule has 104 valence electrons. The largest absolute Gasteiger partial charge is 0.348 e. The lowest BCUT2D eigenvalue weighted by Crippen LogP contribution is -2.24. The first-order valence-electron chi connectivity index (χ1n) is 6.01. The van der Waals surface area contributed by atoms with Crippen molar-refractivity contribution in [1.82, 2.24) is 15.3 Å². The van der Waals surface area contributed by atoms with Crippen LogP contribution >= 0.6 is 23.4 Å². The summed E-state index contributed by atoms with van der Waals surface area (Å²) in [5.74, 6) is -0.199. The van der Waals surface area contributed by atoms with Crippen LogP contribution in [-0.2, 0) is 6.54 Å². The minimum Gasteiger partial charge on any atom is -0.348 e. The maximum absolute atomic E-state index is 12.1. The van der Waals surface area contributed by atoms with Gasteiger partial charge in [-0.25, -0.2) is 9.97 Å². The number of rotatable bonds is 4. The highest BCUT2D eigenvalue weighted by molar-refractivity contribution is 7.98. The second kappa shape index (κ2) is 6.72. The third-order valence-corrected chi connectivity index (χ3v) is 3.71. The van der Waals surface area contributed by atoms with Gasteiger partial charge in [0.1, 0.15) is 0 Å². The van der Waals surface area contributed by atoms with Crippen molar-refractivity contribution < 1.29 is 4.79 Å². The van der Waals surface area contributed by atoms with Gasteiger partial charge in [0.05, 0.1) is 11.3 Å². The van der Waals surface area contributed by atoms with E-state index in [-0.39, 0.29) is 5.91 Å². The van der Waals surface area contributed by atoms with E-state index in [1.54, 1.807) is 19.2 Å². The molecule has 1 aromatic carbocycles. The van der Waals surface area contributed by atoms with Crippen LogP contribution in [-0.4, -0.2) is 22.1 Å². The molecular formula is C14H14ClN3OS. The van der Waals surface area contributed by atoms with Crippen LogP contribution in [0.25, 0.3) is 0 Å². The first kappa shape index (κ1) is 14.8. The Labute approximate surface area is 127 Å². The van der Waals surface area contributed by atoms with Gasteiger partial charge in [-0.3, -0.25) is 4.79 Å². The van der Waals surface area contributed by atoms with Crippen molar-refractivity contribution in [1.29, 1.82) is 0 Å². The quantitative estimate of drug-likeness (QED) is 0.696. The van der Waals surface area contributed by atoms with Gasteiger partial charge < -0.3 is 5.32 Å². The number of aromatic nitrogens is 2. The van der Waals surface area contributed by atoms with Gasteiger partial charge in [0.2, 0.25) is 0 Å². The molecule has 0 aliphatic rings. The summed E-state index contributed by atoms with van der Waals surface area (Å²) in [5.41, 5.74) is 2.03. The third kappa shape index (κ3) is 3.49. The van der Waals surface area contributed by atoms with Gasteiger partial charge in [-0.05, 0) is 24.8 Å². The molecule has 6 heteroatoms. The van der Waals surface area contributed by atoms with Crippen LogP contribution in [0.4, 0.5) is 0 Å². The SMILES string of the molecule is CSc1ncc(C(=O)NCc2ccccc2Cl)c(C)n1. The first-order chi connectivity index (χ1) is 9.61. The highest BCUT2D eigenvalue weighted by Crippen LogP contribution is 2.15. The molecule has 0 bridgehead atoms. The van der Waals surface area contributed by atoms with Crippen molar-refractivity contribution in [3.63, 3.8) is 0 Å². The van der Waals surface area contributed by atoms with Crippen LogP contribution < -0.4 is 5.32 Å². The van der Waals surface area contributed by atoms with Gasteiger partial charge in [-0.2, -0.15) is 0 Å². The Morgan fingerprint density at radius 1 is 1.40 bits per heavy atom. The summed E-state index contributed by atoms with van der Waals surface area (Å²) >= 11 is 7.49. The fourth-order valence-electron chi connectivity index (χ4n) is 1.68. The van der Waals surface area contributed by atoms with Crippen molar-refractivity contribution in [3.8, 4) is 0 Å². The molecule has 0 fully saturated rings. The van der Waals surface area contributed by atoms with Gasteiger partial charge in [-0.15, -0.1) is 0 Å². The molecule has 1 N–H and O–H groups in total. The van der Waals surface area contributed by atoms with Crippen molar-refractivity contribution in [3.05, 3.63) is 52.3 Å². The Morgan fingerprint density at radius 2 is 2.15 bits per heavy atom. The van der Waals surface area contributed by atoms with Crippen molar-refractivity contribution in [2.24, 2.45) is 0 Å². The summed E-state index contributed by atoms with van der Waals surface area (Å²) < 4.78 is 0. The second-order valence-corrected chi connectivity index (χ2v) is 5.31. The summed E-state index contributed by atoms with van der Waals surface area (Å²) in [6.45, 7) is 2.17. The van der Waals surface area contributed by atoms with Crippen molar-refractivity contribution >= 4 is 29.3 Å². The minimum absolute atomic E-state index is 0.199. The molecule has 0 saturated heterocycles. The number of nitrogens with one attached hydrogen (secondary N) is 1. The number of amides is 1. The molecular weight excluding hydrogens is 294 g/mol. The molecule has 1 amide bonds. The van der Waals surface area contributed by atoms with Crippen LogP contribution in [0.1, 0.15) is 21.6 Å². The maximum Gasteiger partial charge on any atom is 0.254 e. The normalized spacial score (nSPS) is 10.3. The topological polar surface area (TPSA) is 54.9 Å². The Kier molecular flexibility index (Phi) is 4.98. The molecule has 0 atom stereocenters. The average Bonchev–Trinajstić information content (AvgIpc) is 2.46. The van der Waals surface area contributed by atoms with Crippen molar-refractivity contribution in [2.75, 3.05) is 6.26 Å². The van der Waals surface area contributed by atoms with Crippen LogP contribution in [0, 0.1) is 6.92 Å². The number of hydrogen-bond acceptors (Lipinski definition) is 4. The monoisotopic (exact) mass is 307 g/mol. The van der Waals surface area contributed by atoms with E-state index in [1.807, 2.05) is 24.5 Å². The summed E-state index contributed by atoms with van der Waals surface area (Å²) in [4.78, 5) is 20.5. The molecule has 1 aromatic heterocycles. The van der Waals surface area contributed by atoms with E-state index < -0.39 is 0 Å². The van der Waals surface area contributed by atoms with Gasteiger partial charge in [0.25, 0.3) is 5.91 Å². The molecule has 0 radical (unpaired) electrons. The van der Waals surface area contributed by atoms with Crippen LogP contribution in [0.2, 0.25) is 5.02 Å². The fourth-order valence-corrected chi connectivity index (χ4v) is 2.27. The summed E-state index contributed by atoms with van der Waals surface area (Å²) in [7, 11) is 0. The van der Waals surface area contributed by atoms with Crippen molar-refractivity contribution in [2.45, 2.75) is 18.6 Å². The zero-order valence-corrected chi connectivity index (χ0v) is 12.8. The molecule has 2 aromatic rings. The number of thioether (sulfide) groups is 1. The predicted octanol–water partition coefficient (Wildman–Crippen LogP) is 3.09. The van der Waals surface area contributed by atoms with Crippen LogP contribution in [0.15, 0.2) is 35.6 Å². The first-order valence-corrected chi connectivity index (χ1v) is 7.61. The standard InChI is InChI=1S/C14H14ClN3OS/c1-9-11(8-17-14(18-9)20-2)13(19)16-7-10-5-3-4-6-12(10)15/h3-6,8H,7H2,1-2H3,(H,16,19). The lowest BCUT2D eigenvalue weighted by atomic mass is 10.2. The molecule has 20 heavy (non-hydrogen) atoms. The molecule has 0 saturated carbocycles. The van der Waals surface area contributed by atoms with Gasteiger partial charge in [0.15, 0.2) is 5.16 Å². The highest BCUT2D eigenvalue weighted by atomic mass is 35.5. The molecule has 0 aliphatic carbocycles. The molecule has 1 heterocycles. The summed E-state index contributed by atoms with van der Waals surface area (Å²) in [6.07, 6.45) is 3.45. The summed E-state index contributed by atoms with van der Waals surface area (Å²) in [5, 5.41) is 4.12.